The zero-order chi connectivity index (χ0) is 23.6. The number of thiophene rings is 1. The van der Waals surface area contributed by atoms with Crippen LogP contribution in [-0.2, 0) is 27.2 Å². The van der Waals surface area contributed by atoms with Crippen LogP contribution >= 0.6 is 11.3 Å². The fourth-order valence-corrected chi connectivity index (χ4v) is 5.82. The van der Waals surface area contributed by atoms with Gasteiger partial charge in [-0.2, -0.15) is 5.26 Å². The van der Waals surface area contributed by atoms with Gasteiger partial charge in [-0.25, -0.2) is 0 Å². The molecule has 1 aromatic rings. The maximum absolute atomic E-state index is 12.6. The lowest BCUT2D eigenvalue weighted by atomic mass is 9.96. The highest BCUT2D eigenvalue weighted by Gasteiger charge is 2.25. The standard InChI is InChI=1S/C25H38N4O3S/c1-18(2)32-16-6-12-27-24(31)19-9-13-29(14-10-19)15-11-23(30)28-25-21(17-26)20-7-4-3-5-8-22(20)33-25/h18-19H,3-16H2,1-2H3,(H,27,31)(H,28,30). The molecule has 0 aromatic carbocycles. The van der Waals surface area contributed by atoms with Crippen LogP contribution < -0.4 is 10.6 Å². The Labute approximate surface area is 201 Å². The van der Waals surface area contributed by atoms with Crippen molar-refractivity contribution in [2.75, 3.05) is 38.1 Å². The van der Waals surface area contributed by atoms with E-state index in [9.17, 15) is 14.9 Å². The van der Waals surface area contributed by atoms with E-state index in [1.54, 1.807) is 11.3 Å². The fraction of sp³-hybridized carbons (Fsp3) is 0.720. The second kappa shape index (κ2) is 13.1. The lowest BCUT2D eigenvalue weighted by Crippen LogP contribution is -2.41. The minimum absolute atomic E-state index is 0.0357. The molecule has 1 saturated heterocycles. The van der Waals surface area contributed by atoms with Crippen molar-refractivity contribution in [3.8, 4) is 6.07 Å². The Balaban J connectivity index is 1.36. The van der Waals surface area contributed by atoms with Gasteiger partial charge in [-0.15, -0.1) is 11.3 Å². The summed E-state index contributed by atoms with van der Waals surface area (Å²) in [6.45, 7) is 7.69. The maximum Gasteiger partial charge on any atom is 0.226 e. The van der Waals surface area contributed by atoms with E-state index in [0.29, 0.717) is 31.7 Å². The number of nitrogens with one attached hydrogen (secondary N) is 2. The highest BCUT2D eigenvalue weighted by molar-refractivity contribution is 7.16. The minimum atomic E-state index is -0.0357. The van der Waals surface area contributed by atoms with E-state index in [1.807, 2.05) is 13.8 Å². The van der Waals surface area contributed by atoms with Gasteiger partial charge in [0.1, 0.15) is 11.1 Å². The van der Waals surface area contributed by atoms with Crippen LogP contribution in [0.4, 0.5) is 5.00 Å². The fourth-order valence-electron chi connectivity index (χ4n) is 4.56. The van der Waals surface area contributed by atoms with Crippen molar-refractivity contribution in [3.05, 3.63) is 16.0 Å². The molecule has 1 aliphatic heterocycles. The Morgan fingerprint density at radius 2 is 1.97 bits per heavy atom. The molecule has 0 atom stereocenters. The molecule has 1 aliphatic carbocycles. The van der Waals surface area contributed by atoms with Crippen LogP contribution in [0, 0.1) is 17.2 Å². The lowest BCUT2D eigenvalue weighted by molar-refractivity contribution is -0.126. The summed E-state index contributed by atoms with van der Waals surface area (Å²) in [7, 11) is 0. The molecule has 1 aromatic heterocycles. The van der Waals surface area contributed by atoms with Crippen molar-refractivity contribution in [1.82, 2.24) is 10.2 Å². The van der Waals surface area contributed by atoms with E-state index in [1.165, 1.54) is 11.3 Å². The molecule has 182 valence electrons. The van der Waals surface area contributed by atoms with Gasteiger partial charge in [0.05, 0.1) is 11.7 Å². The van der Waals surface area contributed by atoms with Crippen molar-refractivity contribution in [1.29, 1.82) is 5.26 Å². The number of anilines is 1. The number of fused-ring (bicyclic) bond motifs is 1. The minimum Gasteiger partial charge on any atom is -0.379 e. The average molecular weight is 475 g/mol. The highest BCUT2D eigenvalue weighted by atomic mass is 32.1. The van der Waals surface area contributed by atoms with Gasteiger partial charge in [0, 0.05) is 36.9 Å². The number of carbonyl (C=O) groups is 2. The van der Waals surface area contributed by atoms with Crippen molar-refractivity contribution >= 4 is 28.2 Å². The van der Waals surface area contributed by atoms with E-state index in [4.69, 9.17) is 4.74 Å². The number of nitrogens with zero attached hydrogens (tertiary/aromatic N) is 2. The van der Waals surface area contributed by atoms with Crippen molar-refractivity contribution in [2.24, 2.45) is 5.92 Å². The summed E-state index contributed by atoms with van der Waals surface area (Å²) in [4.78, 5) is 28.5. The third kappa shape index (κ3) is 7.80. The second-order valence-corrected chi connectivity index (χ2v) is 10.5. The largest absolute Gasteiger partial charge is 0.379 e. The molecule has 2 aliphatic rings. The van der Waals surface area contributed by atoms with Gasteiger partial charge in [-0.3, -0.25) is 9.59 Å². The monoisotopic (exact) mass is 474 g/mol. The summed E-state index contributed by atoms with van der Waals surface area (Å²) in [5.41, 5.74) is 1.83. The molecule has 33 heavy (non-hydrogen) atoms. The van der Waals surface area contributed by atoms with Gasteiger partial charge in [0.25, 0.3) is 0 Å². The zero-order valence-electron chi connectivity index (χ0n) is 20.1. The number of hydrogen-bond donors (Lipinski definition) is 2. The molecule has 2 N–H and O–H groups in total. The third-order valence-electron chi connectivity index (χ3n) is 6.47. The molecule has 8 heteroatoms. The van der Waals surface area contributed by atoms with Gasteiger partial charge in [0.2, 0.25) is 11.8 Å². The van der Waals surface area contributed by atoms with Crippen LogP contribution in [0.25, 0.3) is 0 Å². The smallest absolute Gasteiger partial charge is 0.226 e. The first-order valence-electron chi connectivity index (χ1n) is 12.4. The molecular weight excluding hydrogens is 436 g/mol. The molecule has 0 saturated carbocycles. The van der Waals surface area contributed by atoms with Gasteiger partial charge >= 0.3 is 0 Å². The summed E-state index contributed by atoms with van der Waals surface area (Å²) in [6, 6.07) is 2.32. The Morgan fingerprint density at radius 1 is 1.21 bits per heavy atom. The maximum atomic E-state index is 12.6. The number of piperidine rings is 1. The zero-order valence-corrected chi connectivity index (χ0v) is 20.9. The van der Waals surface area contributed by atoms with Crippen molar-refractivity contribution in [3.63, 3.8) is 0 Å². The third-order valence-corrected chi connectivity index (χ3v) is 7.68. The number of rotatable bonds is 10. The Kier molecular flexibility index (Phi) is 10.2. The summed E-state index contributed by atoms with van der Waals surface area (Å²) in [5, 5.41) is 16.4. The van der Waals surface area contributed by atoms with Gasteiger partial charge in [-0.1, -0.05) is 6.42 Å². The van der Waals surface area contributed by atoms with Gasteiger partial charge < -0.3 is 20.3 Å². The molecule has 2 amide bonds. The summed E-state index contributed by atoms with van der Waals surface area (Å²) in [5.74, 6) is 0.158. The van der Waals surface area contributed by atoms with Gasteiger partial charge in [0.15, 0.2) is 0 Å². The Hall–Kier alpha value is -1.95. The first-order chi connectivity index (χ1) is 16.0. The van der Waals surface area contributed by atoms with Crippen LogP contribution in [0.5, 0.6) is 0 Å². The Morgan fingerprint density at radius 3 is 2.70 bits per heavy atom. The van der Waals surface area contributed by atoms with Crippen molar-refractivity contribution < 1.29 is 14.3 Å². The van der Waals surface area contributed by atoms with Crippen LogP contribution in [0.3, 0.4) is 0 Å². The number of amides is 2. The van der Waals surface area contributed by atoms with Crippen LogP contribution in [0.1, 0.15) is 74.8 Å². The SMILES string of the molecule is CC(C)OCCCNC(=O)C1CCN(CCC(=O)Nc2sc3c(c2C#N)CCCCC3)CC1. The summed E-state index contributed by atoms with van der Waals surface area (Å²) in [6.07, 6.45) is 8.55. The van der Waals surface area contributed by atoms with E-state index in [2.05, 4.69) is 21.6 Å². The molecule has 0 bridgehead atoms. The van der Waals surface area contributed by atoms with E-state index < -0.39 is 0 Å². The predicted octanol–water partition coefficient (Wildman–Crippen LogP) is 3.86. The number of nitriles is 1. The normalized spacial score (nSPS) is 17.3. The van der Waals surface area contributed by atoms with Crippen LogP contribution in [0.2, 0.25) is 0 Å². The molecule has 0 spiro atoms. The number of likely N-dealkylation sites (tertiary alicyclic amines) is 1. The van der Waals surface area contributed by atoms with E-state index in [-0.39, 0.29) is 23.8 Å². The lowest BCUT2D eigenvalue weighted by Gasteiger charge is -2.31. The number of carbonyl (C=O) groups excluding carboxylic acids is 2. The average Bonchev–Trinajstić information content (AvgIpc) is 2.96. The molecule has 7 nitrogen and oxygen atoms in total. The molecule has 2 heterocycles. The number of ether oxygens (including phenoxy) is 1. The molecule has 3 rings (SSSR count). The van der Waals surface area contributed by atoms with Crippen molar-refractivity contribution in [2.45, 2.75) is 77.7 Å². The van der Waals surface area contributed by atoms with Crippen LogP contribution in [0.15, 0.2) is 0 Å². The highest BCUT2D eigenvalue weighted by Crippen LogP contribution is 2.37. The first-order valence-corrected chi connectivity index (χ1v) is 13.3. The Bertz CT molecular complexity index is 837. The van der Waals surface area contributed by atoms with E-state index >= 15 is 0 Å². The quantitative estimate of drug-likeness (QED) is 0.397. The van der Waals surface area contributed by atoms with Crippen LogP contribution in [-0.4, -0.2) is 55.6 Å². The summed E-state index contributed by atoms with van der Waals surface area (Å²) >= 11 is 1.58. The van der Waals surface area contributed by atoms with Gasteiger partial charge in [-0.05, 0) is 77.4 Å². The second-order valence-electron chi connectivity index (χ2n) is 9.36. The van der Waals surface area contributed by atoms with E-state index in [0.717, 1.165) is 68.6 Å². The topological polar surface area (TPSA) is 94.5 Å². The first kappa shape index (κ1) is 25.7. The molecular formula is C25H38N4O3S. The number of aryl methyl sites for hydroxylation is 1. The summed E-state index contributed by atoms with van der Waals surface area (Å²) < 4.78 is 5.50. The predicted molar refractivity (Wildman–Crippen MR) is 131 cm³/mol. The molecule has 1 fully saturated rings. The molecule has 0 unspecified atom stereocenters. The molecule has 0 radical (unpaired) electrons. The number of hydrogen-bond acceptors (Lipinski definition) is 6.